The predicted octanol–water partition coefficient (Wildman–Crippen LogP) is 4.73. The minimum atomic E-state index is 0.137. The molecule has 4 nitrogen and oxygen atoms in total. The van der Waals surface area contributed by atoms with Gasteiger partial charge in [0.2, 0.25) is 0 Å². The second kappa shape index (κ2) is 8.83. The zero-order valence-corrected chi connectivity index (χ0v) is 14.6. The topological polar surface area (TPSA) is 44.8 Å². The Morgan fingerprint density at radius 1 is 0.846 bits per heavy atom. The van der Waals surface area contributed by atoms with Gasteiger partial charge in [-0.3, -0.25) is 4.79 Å². The maximum atomic E-state index is 11.5. The molecule has 26 heavy (non-hydrogen) atoms. The molecule has 0 saturated carbocycles. The van der Waals surface area contributed by atoms with Gasteiger partial charge in [0.05, 0.1) is 0 Å². The molecular weight excluding hydrogens is 328 g/mol. The molecule has 0 bridgehead atoms. The van der Waals surface area contributed by atoms with Gasteiger partial charge in [-0.1, -0.05) is 48.5 Å². The summed E-state index contributed by atoms with van der Waals surface area (Å²) in [4.78, 5) is 11.5. The van der Waals surface area contributed by atoms with E-state index in [0.717, 1.165) is 23.0 Å². The first-order valence-electron chi connectivity index (χ1n) is 8.29. The van der Waals surface area contributed by atoms with Crippen LogP contribution in [0.4, 0.5) is 0 Å². The summed E-state index contributed by atoms with van der Waals surface area (Å²) in [6.45, 7) is 0.597. The lowest BCUT2D eigenvalue weighted by molar-refractivity contribution is 0.0515. The van der Waals surface area contributed by atoms with Crippen molar-refractivity contribution >= 4 is 6.29 Å². The summed E-state index contributed by atoms with van der Waals surface area (Å²) in [5, 5.41) is 0. The molecule has 0 amide bonds. The van der Waals surface area contributed by atoms with Crippen molar-refractivity contribution in [2.75, 3.05) is 13.9 Å². The quantitative estimate of drug-likeness (QED) is 0.436. The molecule has 0 aliphatic carbocycles. The summed E-state index contributed by atoms with van der Waals surface area (Å²) in [6, 6.07) is 22.9. The van der Waals surface area contributed by atoms with Crippen LogP contribution in [0.15, 0.2) is 72.8 Å². The number of ether oxygens (including phenoxy) is 3. The number of carbonyl (C=O) groups excluding carboxylic acids is 1. The Kier molecular flexibility index (Phi) is 6.01. The van der Waals surface area contributed by atoms with Crippen LogP contribution in [0, 0.1) is 0 Å². The van der Waals surface area contributed by atoms with E-state index in [1.165, 1.54) is 0 Å². The molecule has 0 unspecified atom stereocenters. The summed E-state index contributed by atoms with van der Waals surface area (Å²) in [5.41, 5.74) is 3.23. The molecule has 0 radical (unpaired) electrons. The smallest absolute Gasteiger partial charge is 0.188 e. The second-order valence-corrected chi connectivity index (χ2v) is 5.69. The summed E-state index contributed by atoms with van der Waals surface area (Å²) >= 11 is 0. The molecule has 0 spiro atoms. The number of benzene rings is 3. The van der Waals surface area contributed by atoms with Gasteiger partial charge in [-0.15, -0.1) is 0 Å². The van der Waals surface area contributed by atoms with Gasteiger partial charge in [0.15, 0.2) is 13.1 Å². The van der Waals surface area contributed by atoms with Gasteiger partial charge in [-0.05, 0) is 35.4 Å². The van der Waals surface area contributed by atoms with Crippen molar-refractivity contribution in [1.82, 2.24) is 0 Å². The lowest BCUT2D eigenvalue weighted by Crippen LogP contribution is -2.01. The first-order chi connectivity index (χ1) is 12.8. The molecular formula is C22H20O4. The Bertz CT molecular complexity index is 859. The lowest BCUT2D eigenvalue weighted by atomic mass is 9.99. The highest BCUT2D eigenvalue weighted by molar-refractivity contribution is 5.89. The summed E-state index contributed by atoms with van der Waals surface area (Å²) < 4.78 is 16.5. The number of aldehydes is 1. The van der Waals surface area contributed by atoms with Crippen molar-refractivity contribution in [2.24, 2.45) is 0 Å². The van der Waals surface area contributed by atoms with Crippen molar-refractivity contribution in [1.29, 1.82) is 0 Å². The highest BCUT2D eigenvalue weighted by Crippen LogP contribution is 2.34. The monoisotopic (exact) mass is 348 g/mol. The third kappa shape index (κ3) is 4.29. The van der Waals surface area contributed by atoms with E-state index in [2.05, 4.69) is 0 Å². The van der Waals surface area contributed by atoms with E-state index in [1.807, 2.05) is 60.7 Å². The maximum Gasteiger partial charge on any atom is 0.188 e. The molecule has 0 aromatic heterocycles. The van der Waals surface area contributed by atoms with E-state index in [0.29, 0.717) is 23.7 Å². The summed E-state index contributed by atoms with van der Waals surface area (Å²) in [5.74, 6) is 1.34. The molecule has 0 heterocycles. The van der Waals surface area contributed by atoms with Crippen LogP contribution in [0.3, 0.4) is 0 Å². The number of para-hydroxylation sites is 1. The zero-order valence-electron chi connectivity index (χ0n) is 14.6. The predicted molar refractivity (Wildman–Crippen MR) is 101 cm³/mol. The van der Waals surface area contributed by atoms with E-state index in [9.17, 15) is 4.79 Å². The standard InChI is InChI=1S/C22H20O4/c1-24-16-26-22-10-6-5-9-20(22)21-13-19(12-11-18(21)14-23)25-15-17-7-3-2-4-8-17/h2-14H,15-16H2,1H3. The number of methoxy groups -OCH3 is 1. The third-order valence-corrected chi connectivity index (χ3v) is 3.91. The van der Waals surface area contributed by atoms with Crippen LogP contribution in [0.5, 0.6) is 11.5 Å². The minimum Gasteiger partial charge on any atom is -0.489 e. The molecule has 0 fully saturated rings. The van der Waals surface area contributed by atoms with Crippen molar-refractivity contribution in [2.45, 2.75) is 6.61 Å². The first-order valence-corrected chi connectivity index (χ1v) is 8.29. The second-order valence-electron chi connectivity index (χ2n) is 5.69. The van der Waals surface area contributed by atoms with Gasteiger partial charge >= 0.3 is 0 Å². The molecule has 0 N–H and O–H groups in total. The molecule has 4 heteroatoms. The fourth-order valence-electron chi connectivity index (χ4n) is 2.64. The molecule has 3 aromatic carbocycles. The maximum absolute atomic E-state index is 11.5. The fourth-order valence-corrected chi connectivity index (χ4v) is 2.64. The number of carbonyl (C=O) groups is 1. The van der Waals surface area contributed by atoms with Crippen LogP contribution in [0.2, 0.25) is 0 Å². The normalized spacial score (nSPS) is 10.3. The van der Waals surface area contributed by atoms with E-state index in [-0.39, 0.29) is 6.79 Å². The van der Waals surface area contributed by atoms with E-state index < -0.39 is 0 Å². The molecule has 3 aromatic rings. The van der Waals surface area contributed by atoms with Crippen LogP contribution in [0.25, 0.3) is 11.1 Å². The van der Waals surface area contributed by atoms with E-state index >= 15 is 0 Å². The minimum absolute atomic E-state index is 0.137. The Morgan fingerprint density at radius 3 is 2.38 bits per heavy atom. The number of rotatable bonds is 8. The number of hydrogen-bond acceptors (Lipinski definition) is 4. The molecule has 0 saturated heterocycles. The zero-order chi connectivity index (χ0) is 18.2. The summed E-state index contributed by atoms with van der Waals surface area (Å²) in [6.07, 6.45) is 0.837. The van der Waals surface area contributed by atoms with Gasteiger partial charge < -0.3 is 14.2 Å². The van der Waals surface area contributed by atoms with Crippen LogP contribution in [-0.4, -0.2) is 20.2 Å². The van der Waals surface area contributed by atoms with Gasteiger partial charge in [0.1, 0.15) is 18.1 Å². The van der Waals surface area contributed by atoms with Crippen molar-refractivity contribution in [3.63, 3.8) is 0 Å². The third-order valence-electron chi connectivity index (χ3n) is 3.91. The molecule has 0 atom stereocenters. The van der Waals surface area contributed by atoms with Gasteiger partial charge in [-0.25, -0.2) is 0 Å². The van der Waals surface area contributed by atoms with Crippen LogP contribution >= 0.6 is 0 Å². The average molecular weight is 348 g/mol. The van der Waals surface area contributed by atoms with Crippen molar-refractivity contribution in [3.05, 3.63) is 83.9 Å². The Labute approximate surface area is 153 Å². The van der Waals surface area contributed by atoms with Gasteiger partial charge in [0, 0.05) is 18.2 Å². The van der Waals surface area contributed by atoms with Crippen molar-refractivity contribution < 1.29 is 19.0 Å². The van der Waals surface area contributed by atoms with Gasteiger partial charge in [-0.2, -0.15) is 0 Å². The van der Waals surface area contributed by atoms with E-state index in [1.54, 1.807) is 19.2 Å². The number of hydrogen-bond donors (Lipinski definition) is 0. The van der Waals surface area contributed by atoms with Crippen LogP contribution in [-0.2, 0) is 11.3 Å². The van der Waals surface area contributed by atoms with Crippen LogP contribution < -0.4 is 9.47 Å². The molecule has 0 aliphatic heterocycles. The van der Waals surface area contributed by atoms with Crippen molar-refractivity contribution in [3.8, 4) is 22.6 Å². The van der Waals surface area contributed by atoms with Gasteiger partial charge in [0.25, 0.3) is 0 Å². The van der Waals surface area contributed by atoms with Crippen LogP contribution in [0.1, 0.15) is 15.9 Å². The summed E-state index contributed by atoms with van der Waals surface area (Å²) in [7, 11) is 1.57. The highest BCUT2D eigenvalue weighted by atomic mass is 16.7. The Morgan fingerprint density at radius 2 is 1.62 bits per heavy atom. The average Bonchev–Trinajstić information content (AvgIpc) is 2.71. The SMILES string of the molecule is COCOc1ccccc1-c1cc(OCc2ccccc2)ccc1C=O. The highest BCUT2D eigenvalue weighted by Gasteiger charge is 2.12. The molecule has 0 aliphatic rings. The lowest BCUT2D eigenvalue weighted by Gasteiger charge is -2.14. The Hall–Kier alpha value is -3.11. The molecule has 132 valence electrons. The van der Waals surface area contributed by atoms with E-state index in [4.69, 9.17) is 14.2 Å². The largest absolute Gasteiger partial charge is 0.489 e. The Balaban J connectivity index is 1.90. The molecule has 3 rings (SSSR count). The fraction of sp³-hybridized carbons (Fsp3) is 0.136. The first kappa shape index (κ1) is 17.7.